The zero-order chi connectivity index (χ0) is 16.2. The summed E-state index contributed by atoms with van der Waals surface area (Å²) < 4.78 is 0. The Balaban J connectivity index is 1.70. The number of phenolic OH excluding ortho intramolecular Hbond substituents is 1. The van der Waals surface area contributed by atoms with Crippen LogP contribution in [0, 0.1) is 17.3 Å². The van der Waals surface area contributed by atoms with Crippen molar-refractivity contribution in [1.29, 1.82) is 0 Å². The predicted octanol–water partition coefficient (Wildman–Crippen LogP) is 4.73. The molecule has 2 nitrogen and oxygen atoms in total. The van der Waals surface area contributed by atoms with E-state index in [0.717, 1.165) is 32.1 Å². The van der Waals surface area contributed by atoms with E-state index in [4.69, 9.17) is 11.6 Å². The van der Waals surface area contributed by atoms with E-state index in [-0.39, 0.29) is 5.41 Å². The van der Waals surface area contributed by atoms with E-state index in [0.29, 0.717) is 23.5 Å². The molecule has 4 rings (SSSR count). The predicted molar refractivity (Wildman–Crippen MR) is 92.7 cm³/mol. The molecule has 3 heteroatoms. The molecule has 0 bridgehead atoms. The molecule has 2 N–H and O–H groups in total. The second-order valence-electron chi connectivity index (χ2n) is 8.01. The Bertz CT molecular complexity index is 655. The fourth-order valence-electron chi connectivity index (χ4n) is 6.00. The van der Waals surface area contributed by atoms with Gasteiger partial charge < -0.3 is 10.2 Å². The molecule has 0 aliphatic heterocycles. The zero-order valence-corrected chi connectivity index (χ0v) is 14.4. The number of phenols is 1. The lowest BCUT2D eigenvalue weighted by molar-refractivity contribution is -0.0708. The molecule has 1 aromatic carbocycles. The normalized spacial score (nSPS) is 42.3. The molecule has 0 spiro atoms. The van der Waals surface area contributed by atoms with Crippen LogP contribution in [0.5, 0.6) is 5.75 Å². The molecule has 23 heavy (non-hydrogen) atoms. The summed E-state index contributed by atoms with van der Waals surface area (Å²) in [4.78, 5) is 0. The number of aromatic hydroxyl groups is 1. The molecule has 0 heterocycles. The highest BCUT2D eigenvalue weighted by atomic mass is 35.5. The van der Waals surface area contributed by atoms with Gasteiger partial charge >= 0.3 is 0 Å². The van der Waals surface area contributed by atoms with E-state index in [2.05, 4.69) is 13.0 Å². The molecule has 0 saturated heterocycles. The molecular formula is C20H25ClO2. The summed E-state index contributed by atoms with van der Waals surface area (Å²) in [5.41, 5.74) is 3.44. The number of rotatable bonds is 1. The molecule has 5 atom stereocenters. The first kappa shape index (κ1) is 15.5. The van der Waals surface area contributed by atoms with E-state index < -0.39 is 5.60 Å². The maximum atomic E-state index is 11.2. The number of halogens is 1. The number of hydrogen-bond acceptors (Lipinski definition) is 2. The van der Waals surface area contributed by atoms with Crippen molar-refractivity contribution in [1.82, 2.24) is 0 Å². The minimum Gasteiger partial charge on any atom is -0.508 e. The molecule has 124 valence electrons. The van der Waals surface area contributed by atoms with Gasteiger partial charge in [0.1, 0.15) is 5.75 Å². The van der Waals surface area contributed by atoms with Gasteiger partial charge in [0.2, 0.25) is 0 Å². The lowest BCUT2D eigenvalue weighted by Gasteiger charge is -2.52. The topological polar surface area (TPSA) is 40.5 Å². The van der Waals surface area contributed by atoms with Crippen LogP contribution in [0.4, 0.5) is 0 Å². The first-order valence-electron chi connectivity index (χ1n) is 8.80. The van der Waals surface area contributed by atoms with Crippen molar-refractivity contribution in [3.8, 4) is 5.75 Å². The number of hydrogen-bond donors (Lipinski definition) is 2. The fraction of sp³-hybridized carbons (Fsp3) is 0.600. The van der Waals surface area contributed by atoms with Crippen molar-refractivity contribution in [2.45, 2.75) is 57.0 Å². The minimum absolute atomic E-state index is 0.0615. The SMILES string of the molecule is C[C@]12CC[C@@H]3c4ccc(O)cc4CC[C@H]3[C@@H]1CC[C@]2(O)/C=C/Cl. The van der Waals surface area contributed by atoms with E-state index in [9.17, 15) is 10.2 Å². The Morgan fingerprint density at radius 3 is 2.83 bits per heavy atom. The molecule has 1 aromatic rings. The quantitative estimate of drug-likeness (QED) is 0.780. The van der Waals surface area contributed by atoms with Crippen molar-refractivity contribution < 1.29 is 10.2 Å². The van der Waals surface area contributed by atoms with Crippen LogP contribution in [0.2, 0.25) is 0 Å². The summed E-state index contributed by atoms with van der Waals surface area (Å²) in [5, 5.41) is 20.9. The highest BCUT2D eigenvalue weighted by Crippen LogP contribution is 2.64. The first-order chi connectivity index (χ1) is 11.0. The van der Waals surface area contributed by atoms with Crippen LogP contribution in [0.3, 0.4) is 0 Å². The Morgan fingerprint density at radius 1 is 1.22 bits per heavy atom. The van der Waals surface area contributed by atoms with Crippen molar-refractivity contribution in [2.24, 2.45) is 17.3 Å². The molecule has 3 aliphatic carbocycles. The molecule has 2 fully saturated rings. The Kier molecular flexibility index (Phi) is 3.55. The van der Waals surface area contributed by atoms with Crippen LogP contribution in [-0.2, 0) is 6.42 Å². The van der Waals surface area contributed by atoms with Crippen molar-refractivity contribution in [3.05, 3.63) is 40.9 Å². The number of benzene rings is 1. The third kappa shape index (κ3) is 2.11. The molecule has 0 unspecified atom stereocenters. The Labute approximate surface area is 143 Å². The molecule has 0 aromatic heterocycles. The second kappa shape index (κ2) is 5.26. The zero-order valence-electron chi connectivity index (χ0n) is 13.6. The van der Waals surface area contributed by atoms with Crippen LogP contribution in [0.15, 0.2) is 29.8 Å². The number of aliphatic hydroxyl groups is 1. The summed E-state index contributed by atoms with van der Waals surface area (Å²) in [6.45, 7) is 2.27. The molecule has 0 amide bonds. The molecule has 2 saturated carbocycles. The van der Waals surface area contributed by atoms with Crippen LogP contribution < -0.4 is 0 Å². The standard InChI is InChI=1S/C20H25ClO2/c1-19-8-6-16-15-5-3-14(22)12-13(15)2-4-17(16)18(19)7-9-20(19,23)10-11-21/h3,5,10-12,16-18,22-23H,2,4,6-9H2,1H3/b11-10+/t16-,17-,18+,19+,20+/m1/s1. The van der Waals surface area contributed by atoms with Gasteiger partial charge in [0.25, 0.3) is 0 Å². The fourth-order valence-corrected chi connectivity index (χ4v) is 6.21. The Morgan fingerprint density at radius 2 is 2.04 bits per heavy atom. The molecule has 3 aliphatic rings. The summed E-state index contributed by atoms with van der Waals surface area (Å²) >= 11 is 5.82. The van der Waals surface area contributed by atoms with Crippen molar-refractivity contribution in [3.63, 3.8) is 0 Å². The largest absolute Gasteiger partial charge is 0.508 e. The summed E-state index contributed by atoms with van der Waals surface area (Å²) in [7, 11) is 0. The van der Waals surface area contributed by atoms with Crippen LogP contribution >= 0.6 is 11.6 Å². The van der Waals surface area contributed by atoms with E-state index >= 15 is 0 Å². The van der Waals surface area contributed by atoms with Gasteiger partial charge in [-0.2, -0.15) is 0 Å². The highest BCUT2D eigenvalue weighted by Gasteiger charge is 2.60. The monoisotopic (exact) mass is 332 g/mol. The van der Waals surface area contributed by atoms with Gasteiger partial charge in [0.15, 0.2) is 0 Å². The van der Waals surface area contributed by atoms with Gasteiger partial charge in [-0.1, -0.05) is 24.6 Å². The minimum atomic E-state index is -0.750. The smallest absolute Gasteiger partial charge is 0.115 e. The maximum absolute atomic E-state index is 11.2. The van der Waals surface area contributed by atoms with Gasteiger partial charge in [0, 0.05) is 11.0 Å². The van der Waals surface area contributed by atoms with Crippen molar-refractivity contribution in [2.75, 3.05) is 0 Å². The van der Waals surface area contributed by atoms with Gasteiger partial charge in [-0.15, -0.1) is 0 Å². The lowest BCUT2D eigenvalue weighted by Crippen LogP contribution is -2.49. The molecular weight excluding hydrogens is 308 g/mol. The van der Waals surface area contributed by atoms with Crippen LogP contribution in [0.25, 0.3) is 0 Å². The van der Waals surface area contributed by atoms with E-state index in [1.54, 1.807) is 0 Å². The lowest BCUT2D eigenvalue weighted by atomic mass is 9.53. The van der Waals surface area contributed by atoms with E-state index in [1.807, 2.05) is 18.2 Å². The second-order valence-corrected chi connectivity index (χ2v) is 8.26. The third-order valence-electron chi connectivity index (χ3n) is 7.26. The highest BCUT2D eigenvalue weighted by molar-refractivity contribution is 6.25. The Hall–Kier alpha value is -0.990. The van der Waals surface area contributed by atoms with E-state index in [1.165, 1.54) is 23.1 Å². The van der Waals surface area contributed by atoms with Gasteiger partial charge in [-0.25, -0.2) is 0 Å². The number of fused-ring (bicyclic) bond motifs is 5. The van der Waals surface area contributed by atoms with Crippen LogP contribution in [-0.4, -0.2) is 15.8 Å². The third-order valence-corrected chi connectivity index (χ3v) is 7.39. The summed E-state index contributed by atoms with van der Waals surface area (Å²) in [5.74, 6) is 2.16. The average Bonchev–Trinajstić information content (AvgIpc) is 2.79. The van der Waals surface area contributed by atoms with Gasteiger partial charge in [0.05, 0.1) is 5.60 Å². The van der Waals surface area contributed by atoms with Crippen LogP contribution in [0.1, 0.15) is 56.1 Å². The maximum Gasteiger partial charge on any atom is 0.115 e. The molecule has 0 radical (unpaired) electrons. The first-order valence-corrected chi connectivity index (χ1v) is 9.24. The van der Waals surface area contributed by atoms with Gasteiger partial charge in [-0.05, 0) is 85.6 Å². The average molecular weight is 333 g/mol. The summed E-state index contributed by atoms with van der Waals surface area (Å²) in [6.07, 6.45) is 8.10. The van der Waals surface area contributed by atoms with Crippen molar-refractivity contribution >= 4 is 11.6 Å². The van der Waals surface area contributed by atoms with Gasteiger partial charge in [-0.3, -0.25) is 0 Å². The number of aryl methyl sites for hydroxylation is 1. The summed E-state index contributed by atoms with van der Waals surface area (Å²) in [6, 6.07) is 5.90.